The Balaban J connectivity index is 1.45. The maximum Gasteiger partial charge on any atom is 0.264 e. The van der Waals surface area contributed by atoms with E-state index in [0.717, 1.165) is 5.56 Å². The minimum Gasteiger partial charge on any atom is -0.350 e. The second-order valence-electron chi connectivity index (χ2n) is 6.82. The largest absolute Gasteiger partial charge is 0.350 e. The van der Waals surface area contributed by atoms with Crippen LogP contribution >= 0.6 is 34.8 Å². The molecule has 10 heteroatoms. The highest BCUT2D eigenvalue weighted by atomic mass is 35.5. The number of hydrogen-bond donors (Lipinski definition) is 1. The number of fused-ring (bicyclic) bond motifs is 1. The van der Waals surface area contributed by atoms with Crippen LogP contribution < -0.4 is 10.9 Å². The lowest BCUT2D eigenvalue weighted by Crippen LogP contribution is -2.27. The molecule has 1 N–H and O–H groups in total. The number of hydrogen-bond acceptors (Lipinski definition) is 4. The van der Waals surface area contributed by atoms with Gasteiger partial charge in [-0.05, 0) is 35.9 Å². The molecular weight excluding hydrogens is 461 g/mol. The van der Waals surface area contributed by atoms with E-state index in [1.54, 1.807) is 22.9 Å². The molecular formula is C21H16Cl3N5O2. The lowest BCUT2D eigenvalue weighted by Gasteiger charge is -2.08. The molecule has 7 nitrogen and oxygen atoms in total. The summed E-state index contributed by atoms with van der Waals surface area (Å²) in [6, 6.07) is 11.9. The van der Waals surface area contributed by atoms with Gasteiger partial charge in [0.1, 0.15) is 11.7 Å². The van der Waals surface area contributed by atoms with Crippen molar-refractivity contribution in [2.75, 3.05) is 6.54 Å². The number of aromatic nitrogens is 4. The fourth-order valence-electron chi connectivity index (χ4n) is 3.12. The van der Waals surface area contributed by atoms with Crippen molar-refractivity contribution in [1.29, 1.82) is 0 Å². The van der Waals surface area contributed by atoms with E-state index in [4.69, 9.17) is 34.8 Å². The van der Waals surface area contributed by atoms with E-state index < -0.39 is 0 Å². The Morgan fingerprint density at radius 3 is 2.42 bits per heavy atom. The van der Waals surface area contributed by atoms with Gasteiger partial charge in [0, 0.05) is 27.2 Å². The quantitative estimate of drug-likeness (QED) is 0.455. The van der Waals surface area contributed by atoms with Crippen LogP contribution in [0.4, 0.5) is 0 Å². The zero-order valence-electron chi connectivity index (χ0n) is 16.1. The third kappa shape index (κ3) is 4.90. The second-order valence-corrected chi connectivity index (χ2v) is 8.13. The third-order valence-corrected chi connectivity index (χ3v) is 5.31. The summed E-state index contributed by atoms with van der Waals surface area (Å²) in [5, 5.41) is 8.83. The first-order valence-electron chi connectivity index (χ1n) is 9.30. The molecule has 2 heterocycles. The minimum absolute atomic E-state index is 0.191. The van der Waals surface area contributed by atoms with Crippen molar-refractivity contribution >= 4 is 51.7 Å². The Morgan fingerprint density at radius 2 is 1.71 bits per heavy atom. The van der Waals surface area contributed by atoms with Gasteiger partial charge in [-0.3, -0.25) is 14.2 Å². The zero-order valence-corrected chi connectivity index (χ0v) is 18.3. The van der Waals surface area contributed by atoms with Gasteiger partial charge in [-0.15, -0.1) is 0 Å². The number of amides is 1. The molecule has 4 aromatic rings. The van der Waals surface area contributed by atoms with Crippen molar-refractivity contribution in [3.05, 3.63) is 91.5 Å². The van der Waals surface area contributed by atoms with E-state index in [1.165, 1.54) is 29.2 Å². The molecule has 0 unspecified atom stereocenters. The Kier molecular flexibility index (Phi) is 6.27. The number of benzene rings is 2. The average Bonchev–Trinajstić information content (AvgIpc) is 3.14. The highest BCUT2D eigenvalue weighted by Gasteiger charge is 2.12. The maximum atomic E-state index is 12.8. The van der Waals surface area contributed by atoms with Gasteiger partial charge >= 0.3 is 0 Å². The number of rotatable bonds is 6. The monoisotopic (exact) mass is 475 g/mol. The van der Waals surface area contributed by atoms with Gasteiger partial charge in [-0.2, -0.15) is 5.10 Å². The third-order valence-electron chi connectivity index (χ3n) is 4.62. The molecule has 2 aromatic carbocycles. The van der Waals surface area contributed by atoms with Crippen molar-refractivity contribution in [2.24, 2.45) is 0 Å². The van der Waals surface area contributed by atoms with Crippen LogP contribution in [0.1, 0.15) is 15.9 Å². The molecule has 0 aliphatic carbocycles. The van der Waals surface area contributed by atoms with Crippen molar-refractivity contribution in [3.8, 4) is 0 Å². The van der Waals surface area contributed by atoms with Crippen LogP contribution in [-0.4, -0.2) is 31.8 Å². The molecule has 0 radical (unpaired) electrons. The summed E-state index contributed by atoms with van der Waals surface area (Å²) in [4.78, 5) is 29.5. The van der Waals surface area contributed by atoms with Crippen LogP contribution in [0.5, 0.6) is 0 Å². The molecule has 0 fully saturated rings. The summed E-state index contributed by atoms with van der Waals surface area (Å²) in [5.41, 5.74) is 1.57. The Morgan fingerprint density at radius 1 is 1.00 bits per heavy atom. The summed E-state index contributed by atoms with van der Waals surface area (Å²) in [6.07, 6.45) is 2.98. The summed E-state index contributed by atoms with van der Waals surface area (Å²) >= 11 is 17.8. The molecule has 1 amide bonds. The molecule has 0 aliphatic heterocycles. The molecule has 0 bridgehead atoms. The van der Waals surface area contributed by atoms with Crippen LogP contribution in [0.2, 0.25) is 15.1 Å². The number of carbonyl (C=O) groups excluding carboxylic acids is 1. The zero-order chi connectivity index (χ0) is 22.0. The van der Waals surface area contributed by atoms with Gasteiger partial charge in [0.2, 0.25) is 0 Å². The van der Waals surface area contributed by atoms with Gasteiger partial charge in [-0.25, -0.2) is 9.67 Å². The van der Waals surface area contributed by atoms with E-state index in [-0.39, 0.29) is 18.0 Å². The first kappa shape index (κ1) is 21.4. The van der Waals surface area contributed by atoms with E-state index in [2.05, 4.69) is 15.4 Å². The Labute approximate surface area is 192 Å². The molecule has 4 rings (SSSR count). The number of nitrogens with one attached hydrogen (secondary N) is 1. The van der Waals surface area contributed by atoms with Gasteiger partial charge in [0.05, 0.1) is 19.3 Å². The molecule has 0 saturated carbocycles. The molecule has 2 aromatic heterocycles. The van der Waals surface area contributed by atoms with E-state index in [9.17, 15) is 9.59 Å². The molecule has 0 atom stereocenters. The Hall–Kier alpha value is -2.87. The lowest BCUT2D eigenvalue weighted by atomic mass is 10.2. The van der Waals surface area contributed by atoms with Crippen LogP contribution in [0.15, 0.2) is 59.8 Å². The topological polar surface area (TPSA) is 81.8 Å². The van der Waals surface area contributed by atoms with Gasteiger partial charge in [0.15, 0.2) is 5.65 Å². The van der Waals surface area contributed by atoms with E-state index in [1.807, 2.05) is 12.1 Å². The highest BCUT2D eigenvalue weighted by Crippen LogP contribution is 2.19. The van der Waals surface area contributed by atoms with E-state index >= 15 is 0 Å². The van der Waals surface area contributed by atoms with Crippen LogP contribution in [0.3, 0.4) is 0 Å². The van der Waals surface area contributed by atoms with Crippen molar-refractivity contribution in [1.82, 2.24) is 24.6 Å². The maximum absolute atomic E-state index is 12.8. The SMILES string of the molecule is O=C(NCCn1ncc2c(=O)n(Cc3ccc(Cl)cc3)cnc21)c1cc(Cl)cc(Cl)c1. The standard InChI is InChI=1S/C21H16Cl3N5O2/c22-15-3-1-13(2-4-15)11-28-12-26-19-18(21(28)31)10-27-29(19)6-5-25-20(30)14-7-16(23)9-17(24)8-14/h1-4,7-10,12H,5-6,11H2,(H,25,30). The lowest BCUT2D eigenvalue weighted by molar-refractivity contribution is 0.0952. The first-order valence-corrected chi connectivity index (χ1v) is 10.4. The molecule has 158 valence electrons. The number of nitrogens with zero attached hydrogens (tertiary/aromatic N) is 4. The molecule has 0 aliphatic rings. The Bertz CT molecular complexity index is 1290. The normalized spacial score (nSPS) is 11.1. The summed E-state index contributed by atoms with van der Waals surface area (Å²) < 4.78 is 3.09. The minimum atomic E-state index is -0.306. The fraction of sp³-hybridized carbons (Fsp3) is 0.143. The number of carbonyl (C=O) groups is 1. The molecule has 0 saturated heterocycles. The van der Waals surface area contributed by atoms with Crippen LogP contribution in [-0.2, 0) is 13.1 Å². The summed E-state index contributed by atoms with van der Waals surface area (Å²) in [6.45, 7) is 1.01. The molecule has 31 heavy (non-hydrogen) atoms. The first-order chi connectivity index (χ1) is 14.9. The second kappa shape index (κ2) is 9.09. The highest BCUT2D eigenvalue weighted by molar-refractivity contribution is 6.35. The molecule has 0 spiro atoms. The predicted octanol–water partition coefficient (Wildman–Crippen LogP) is 4.03. The predicted molar refractivity (Wildman–Crippen MR) is 121 cm³/mol. The van der Waals surface area contributed by atoms with Crippen molar-refractivity contribution in [2.45, 2.75) is 13.1 Å². The smallest absolute Gasteiger partial charge is 0.264 e. The summed E-state index contributed by atoms with van der Waals surface area (Å²) in [7, 11) is 0. The fourth-order valence-corrected chi connectivity index (χ4v) is 3.77. The van der Waals surface area contributed by atoms with Gasteiger partial charge < -0.3 is 5.32 Å². The van der Waals surface area contributed by atoms with Crippen molar-refractivity contribution in [3.63, 3.8) is 0 Å². The number of halogens is 3. The summed E-state index contributed by atoms with van der Waals surface area (Å²) in [5.74, 6) is -0.306. The van der Waals surface area contributed by atoms with Crippen LogP contribution in [0, 0.1) is 0 Å². The van der Waals surface area contributed by atoms with Gasteiger partial charge in [-0.1, -0.05) is 46.9 Å². The van der Waals surface area contributed by atoms with E-state index in [0.29, 0.717) is 44.8 Å². The van der Waals surface area contributed by atoms with Crippen molar-refractivity contribution < 1.29 is 4.79 Å². The van der Waals surface area contributed by atoms with Crippen LogP contribution in [0.25, 0.3) is 11.0 Å². The average molecular weight is 477 g/mol. The van der Waals surface area contributed by atoms with Gasteiger partial charge in [0.25, 0.3) is 11.5 Å².